The Morgan fingerprint density at radius 2 is 2.24 bits per heavy atom. The van der Waals surface area contributed by atoms with Crippen LogP contribution < -0.4 is 0 Å². The van der Waals surface area contributed by atoms with E-state index >= 15 is 0 Å². The Morgan fingerprint density at radius 1 is 1.53 bits per heavy atom. The summed E-state index contributed by atoms with van der Waals surface area (Å²) in [5, 5.41) is 19.0. The van der Waals surface area contributed by atoms with Crippen molar-refractivity contribution in [2.24, 2.45) is 5.92 Å². The minimum atomic E-state index is -0.919. The first-order valence-electron chi connectivity index (χ1n) is 6.09. The number of aromatic nitrogens is 1. The molecule has 1 aliphatic carbocycles. The van der Waals surface area contributed by atoms with Gasteiger partial charge < -0.3 is 5.11 Å². The average Bonchev–Trinajstić information content (AvgIpc) is 3.09. The van der Waals surface area contributed by atoms with Gasteiger partial charge in [-0.3, -0.25) is 4.98 Å². The van der Waals surface area contributed by atoms with E-state index in [4.69, 9.17) is 5.26 Å². The second-order valence-electron chi connectivity index (χ2n) is 5.40. The molecule has 0 bridgehead atoms. The molecule has 1 atom stereocenters. The van der Waals surface area contributed by atoms with Crippen LogP contribution >= 0.6 is 0 Å². The number of aliphatic hydroxyl groups is 1. The van der Waals surface area contributed by atoms with Gasteiger partial charge in [0.2, 0.25) is 0 Å². The van der Waals surface area contributed by atoms with Crippen molar-refractivity contribution in [3.63, 3.8) is 0 Å². The molecule has 3 nitrogen and oxygen atoms in total. The largest absolute Gasteiger partial charge is 0.384 e. The van der Waals surface area contributed by atoms with E-state index < -0.39 is 5.60 Å². The fourth-order valence-electron chi connectivity index (χ4n) is 1.92. The van der Waals surface area contributed by atoms with Gasteiger partial charge in [-0.15, -0.1) is 0 Å². The first-order chi connectivity index (χ1) is 8.00. The molecule has 1 aromatic heterocycles. The lowest BCUT2D eigenvalue weighted by atomic mass is 9.95. The summed E-state index contributed by atoms with van der Waals surface area (Å²) in [7, 11) is 0. The predicted molar refractivity (Wildman–Crippen MR) is 65.2 cm³/mol. The summed E-state index contributed by atoms with van der Waals surface area (Å²) in [6, 6.07) is 6.07. The molecule has 0 amide bonds. The minimum absolute atomic E-state index is 0.0501. The van der Waals surface area contributed by atoms with E-state index in [1.165, 1.54) is 12.8 Å². The van der Waals surface area contributed by atoms with Crippen LogP contribution in [0.5, 0.6) is 0 Å². The number of nitriles is 1. The molecule has 1 fully saturated rings. The Morgan fingerprint density at radius 3 is 2.65 bits per heavy atom. The highest BCUT2D eigenvalue weighted by Gasteiger charge is 2.26. The molecule has 1 heterocycles. The van der Waals surface area contributed by atoms with Gasteiger partial charge in [0.25, 0.3) is 0 Å². The van der Waals surface area contributed by atoms with Gasteiger partial charge in [0.1, 0.15) is 5.60 Å². The standard InChI is InChI=1S/C14H18N2O/c1-14(2,17)13-6-5-11(9-16-13)12(8-15)7-10-3-4-10/h5-6,9-10,12,17H,3-4,7H2,1-2H3/t12-/m0/s1. The lowest BCUT2D eigenvalue weighted by Gasteiger charge is -2.17. The van der Waals surface area contributed by atoms with Crippen LogP contribution in [0.2, 0.25) is 0 Å². The monoisotopic (exact) mass is 230 g/mol. The van der Waals surface area contributed by atoms with Gasteiger partial charge in [-0.1, -0.05) is 18.9 Å². The highest BCUT2D eigenvalue weighted by atomic mass is 16.3. The molecule has 0 unspecified atom stereocenters. The molecule has 0 spiro atoms. The molecule has 0 aromatic carbocycles. The maximum Gasteiger partial charge on any atom is 0.101 e. The van der Waals surface area contributed by atoms with Crippen molar-refractivity contribution in [2.75, 3.05) is 0 Å². The summed E-state index contributed by atoms with van der Waals surface area (Å²) in [6.07, 6.45) is 5.18. The van der Waals surface area contributed by atoms with Gasteiger partial charge in [0.15, 0.2) is 0 Å². The van der Waals surface area contributed by atoms with E-state index in [-0.39, 0.29) is 5.92 Å². The van der Waals surface area contributed by atoms with E-state index in [1.54, 1.807) is 20.0 Å². The molecule has 90 valence electrons. The van der Waals surface area contributed by atoms with Crippen LogP contribution in [0.1, 0.15) is 50.3 Å². The maximum absolute atomic E-state index is 9.80. The first-order valence-corrected chi connectivity index (χ1v) is 6.09. The Bertz CT molecular complexity index is 421. The Balaban J connectivity index is 2.13. The molecule has 2 rings (SSSR count). The van der Waals surface area contributed by atoms with Crippen LogP contribution in [-0.2, 0) is 5.60 Å². The van der Waals surface area contributed by atoms with Crippen molar-refractivity contribution >= 4 is 0 Å². The zero-order valence-corrected chi connectivity index (χ0v) is 10.3. The van der Waals surface area contributed by atoms with E-state index in [0.717, 1.165) is 17.9 Å². The number of nitrogens with zero attached hydrogens (tertiary/aromatic N) is 2. The molecule has 1 N–H and O–H groups in total. The molecular weight excluding hydrogens is 212 g/mol. The van der Waals surface area contributed by atoms with Crippen molar-refractivity contribution in [1.82, 2.24) is 4.98 Å². The summed E-state index contributed by atoms with van der Waals surface area (Å²) < 4.78 is 0. The fourth-order valence-corrected chi connectivity index (χ4v) is 1.92. The van der Waals surface area contributed by atoms with E-state index in [0.29, 0.717) is 5.69 Å². The second-order valence-corrected chi connectivity index (χ2v) is 5.40. The van der Waals surface area contributed by atoms with Gasteiger partial charge in [0, 0.05) is 6.20 Å². The van der Waals surface area contributed by atoms with Crippen LogP contribution in [0.3, 0.4) is 0 Å². The summed E-state index contributed by atoms with van der Waals surface area (Å²) in [6.45, 7) is 3.42. The number of pyridine rings is 1. The number of rotatable bonds is 4. The number of hydrogen-bond acceptors (Lipinski definition) is 3. The smallest absolute Gasteiger partial charge is 0.101 e. The molecule has 17 heavy (non-hydrogen) atoms. The van der Waals surface area contributed by atoms with Crippen LogP contribution in [0.25, 0.3) is 0 Å². The van der Waals surface area contributed by atoms with Crippen LogP contribution in [0.15, 0.2) is 18.3 Å². The van der Waals surface area contributed by atoms with Gasteiger partial charge in [-0.2, -0.15) is 5.26 Å². The third kappa shape index (κ3) is 3.04. The lowest BCUT2D eigenvalue weighted by Crippen LogP contribution is -2.17. The average molecular weight is 230 g/mol. The van der Waals surface area contributed by atoms with Crippen molar-refractivity contribution in [1.29, 1.82) is 5.26 Å². The Hall–Kier alpha value is -1.40. The molecule has 0 saturated heterocycles. The molecule has 0 radical (unpaired) electrons. The topological polar surface area (TPSA) is 56.9 Å². The normalized spacial score (nSPS) is 17.5. The van der Waals surface area contributed by atoms with E-state index in [2.05, 4.69) is 11.1 Å². The quantitative estimate of drug-likeness (QED) is 0.865. The first kappa shape index (κ1) is 12.1. The number of hydrogen-bond donors (Lipinski definition) is 1. The SMILES string of the molecule is CC(C)(O)c1ccc([C@H](C#N)CC2CC2)cn1. The summed E-state index contributed by atoms with van der Waals surface area (Å²) >= 11 is 0. The highest BCUT2D eigenvalue weighted by Crippen LogP contribution is 2.38. The summed E-state index contributed by atoms with van der Waals surface area (Å²) in [4.78, 5) is 4.25. The van der Waals surface area contributed by atoms with Crippen LogP contribution in [-0.4, -0.2) is 10.1 Å². The maximum atomic E-state index is 9.80. The van der Waals surface area contributed by atoms with Gasteiger partial charge in [-0.25, -0.2) is 0 Å². The fraction of sp³-hybridized carbons (Fsp3) is 0.571. The van der Waals surface area contributed by atoms with Crippen molar-refractivity contribution < 1.29 is 5.11 Å². The second kappa shape index (κ2) is 4.46. The molecule has 1 aliphatic rings. The summed E-state index contributed by atoms with van der Waals surface area (Å²) in [5.41, 5.74) is 0.689. The van der Waals surface area contributed by atoms with Crippen molar-refractivity contribution in [2.45, 2.75) is 44.6 Å². The molecule has 1 saturated carbocycles. The van der Waals surface area contributed by atoms with Crippen LogP contribution in [0.4, 0.5) is 0 Å². The lowest BCUT2D eigenvalue weighted by molar-refractivity contribution is 0.0738. The zero-order chi connectivity index (χ0) is 12.5. The van der Waals surface area contributed by atoms with Crippen molar-refractivity contribution in [3.05, 3.63) is 29.6 Å². The predicted octanol–water partition coefficient (Wildman–Crippen LogP) is 2.72. The Kier molecular flexibility index (Phi) is 3.17. The molecular formula is C14H18N2O. The third-order valence-electron chi connectivity index (χ3n) is 3.24. The zero-order valence-electron chi connectivity index (χ0n) is 10.3. The van der Waals surface area contributed by atoms with Gasteiger partial charge in [-0.05, 0) is 37.8 Å². The minimum Gasteiger partial charge on any atom is -0.384 e. The highest BCUT2D eigenvalue weighted by molar-refractivity contribution is 5.25. The molecule has 3 heteroatoms. The Labute approximate surface area is 102 Å². The summed E-state index contributed by atoms with van der Waals surface area (Å²) in [5.74, 6) is 0.680. The van der Waals surface area contributed by atoms with E-state index in [1.807, 2.05) is 12.1 Å². The molecule has 0 aliphatic heterocycles. The van der Waals surface area contributed by atoms with Gasteiger partial charge >= 0.3 is 0 Å². The van der Waals surface area contributed by atoms with E-state index in [9.17, 15) is 5.11 Å². The van der Waals surface area contributed by atoms with Gasteiger partial charge in [0.05, 0.1) is 17.7 Å². The van der Waals surface area contributed by atoms with Crippen LogP contribution in [0, 0.1) is 17.2 Å². The molecule has 1 aromatic rings. The third-order valence-corrected chi connectivity index (χ3v) is 3.24. The van der Waals surface area contributed by atoms with Crippen molar-refractivity contribution in [3.8, 4) is 6.07 Å².